The van der Waals surface area contributed by atoms with Crippen molar-refractivity contribution in [3.05, 3.63) is 18.3 Å². The summed E-state index contributed by atoms with van der Waals surface area (Å²) in [6.07, 6.45) is -1.06. The molecule has 3 N–H and O–H groups in total. The van der Waals surface area contributed by atoms with Gasteiger partial charge in [-0.15, -0.1) is 0 Å². The second kappa shape index (κ2) is 4.49. The molecule has 2 aromatic heterocycles. The third-order valence-corrected chi connectivity index (χ3v) is 3.33. The quantitative estimate of drug-likeness (QED) is 0.622. The molecule has 0 aliphatic carbocycles. The lowest BCUT2D eigenvalue weighted by atomic mass is 10.1. The van der Waals surface area contributed by atoms with E-state index in [9.17, 15) is 10.2 Å². The highest BCUT2D eigenvalue weighted by Gasteiger charge is 2.43. The molecule has 1 aliphatic heterocycles. The Morgan fingerprint density at radius 3 is 2.74 bits per heavy atom. The maximum absolute atomic E-state index is 9.98. The maximum atomic E-state index is 9.98. The summed E-state index contributed by atoms with van der Waals surface area (Å²) >= 11 is 0. The van der Waals surface area contributed by atoms with Crippen molar-refractivity contribution in [2.24, 2.45) is 0 Å². The number of nitrogens with zero attached hydrogens (tertiary/aromatic N) is 4. The van der Waals surface area contributed by atoms with Gasteiger partial charge in [0.15, 0.2) is 11.9 Å². The Labute approximate surface area is 108 Å². The van der Waals surface area contributed by atoms with Crippen LogP contribution in [0.1, 0.15) is 11.9 Å². The first-order valence-corrected chi connectivity index (χ1v) is 5.90. The first-order chi connectivity index (χ1) is 9.13. The van der Waals surface area contributed by atoms with Crippen molar-refractivity contribution < 1.29 is 20.1 Å². The van der Waals surface area contributed by atoms with Crippen LogP contribution in [0.4, 0.5) is 0 Å². The van der Waals surface area contributed by atoms with Gasteiger partial charge in [-0.05, 0) is 6.92 Å². The number of fused-ring (bicyclic) bond motifs is 1. The van der Waals surface area contributed by atoms with Gasteiger partial charge >= 0.3 is 0 Å². The molecule has 4 atom stereocenters. The van der Waals surface area contributed by atoms with E-state index < -0.39 is 24.5 Å². The van der Waals surface area contributed by atoms with Crippen LogP contribution in [-0.2, 0) is 4.74 Å². The fraction of sp³-hybridized carbons (Fsp3) is 0.545. The molecule has 2 unspecified atom stereocenters. The zero-order chi connectivity index (χ0) is 13.6. The van der Waals surface area contributed by atoms with E-state index in [4.69, 9.17) is 9.84 Å². The summed E-state index contributed by atoms with van der Waals surface area (Å²) in [6.45, 7) is 1.44. The molecular weight excluding hydrogens is 252 g/mol. The monoisotopic (exact) mass is 266 g/mol. The van der Waals surface area contributed by atoms with Crippen molar-refractivity contribution in [2.45, 2.75) is 31.5 Å². The Morgan fingerprint density at radius 2 is 2.05 bits per heavy atom. The van der Waals surface area contributed by atoms with Crippen LogP contribution in [0.5, 0.6) is 0 Å². The number of hydrogen-bond donors (Lipinski definition) is 3. The number of ether oxygens (including phenoxy) is 1. The predicted octanol–water partition coefficient (Wildman–Crippen LogP) is -1.25. The van der Waals surface area contributed by atoms with Gasteiger partial charge in [-0.1, -0.05) is 0 Å². The van der Waals surface area contributed by atoms with Crippen molar-refractivity contribution in [1.82, 2.24) is 19.5 Å². The van der Waals surface area contributed by atoms with Crippen LogP contribution in [-0.4, -0.2) is 59.8 Å². The average Bonchev–Trinajstić information content (AvgIpc) is 2.94. The molecule has 0 aromatic carbocycles. The van der Waals surface area contributed by atoms with E-state index >= 15 is 0 Å². The molecule has 2 aromatic rings. The molecule has 102 valence electrons. The molecule has 0 amide bonds. The summed E-state index contributed by atoms with van der Waals surface area (Å²) in [5, 5.41) is 28.8. The molecule has 0 bridgehead atoms. The standard InChI is InChI=1S/C11H14N4O4/c1-5-7-10(13-3-12-5)15(4-14-7)11-9(18)8(17)6(2-16)19-11/h3-4,6,8-9,11,16-18H,2H2,1H3/t6-,8?,9?,11-/m1/s1. The molecule has 1 fully saturated rings. The molecule has 0 radical (unpaired) electrons. The van der Waals surface area contributed by atoms with Crippen molar-refractivity contribution in [2.75, 3.05) is 6.61 Å². The lowest BCUT2D eigenvalue weighted by Gasteiger charge is -2.16. The smallest absolute Gasteiger partial charge is 0.165 e. The van der Waals surface area contributed by atoms with E-state index in [1.807, 2.05) is 0 Å². The predicted molar refractivity (Wildman–Crippen MR) is 63.1 cm³/mol. The lowest BCUT2D eigenvalue weighted by Crippen LogP contribution is -2.33. The summed E-state index contributed by atoms with van der Waals surface area (Å²) in [7, 11) is 0. The van der Waals surface area contributed by atoms with E-state index in [-0.39, 0.29) is 6.61 Å². The van der Waals surface area contributed by atoms with Crippen LogP contribution in [0.15, 0.2) is 12.7 Å². The number of rotatable bonds is 2. The van der Waals surface area contributed by atoms with Crippen LogP contribution < -0.4 is 0 Å². The van der Waals surface area contributed by atoms with Crippen LogP contribution >= 0.6 is 0 Å². The van der Waals surface area contributed by atoms with E-state index in [0.717, 1.165) is 5.69 Å². The molecule has 3 heterocycles. The zero-order valence-electron chi connectivity index (χ0n) is 10.2. The molecule has 8 nitrogen and oxygen atoms in total. The minimum atomic E-state index is -1.15. The minimum Gasteiger partial charge on any atom is -0.394 e. The zero-order valence-corrected chi connectivity index (χ0v) is 10.2. The number of aryl methyl sites for hydroxylation is 1. The molecule has 1 aliphatic rings. The lowest BCUT2D eigenvalue weighted by molar-refractivity contribution is -0.0511. The van der Waals surface area contributed by atoms with Gasteiger partial charge in [0.05, 0.1) is 18.6 Å². The number of aliphatic hydroxyl groups excluding tert-OH is 3. The fourth-order valence-electron chi connectivity index (χ4n) is 2.27. The molecule has 3 rings (SSSR count). The Bertz CT molecular complexity index is 601. The molecule has 1 saturated heterocycles. The van der Waals surface area contributed by atoms with Crippen molar-refractivity contribution in [1.29, 1.82) is 0 Å². The fourth-order valence-corrected chi connectivity index (χ4v) is 2.27. The number of hydrogen-bond acceptors (Lipinski definition) is 7. The average molecular weight is 266 g/mol. The summed E-state index contributed by atoms with van der Waals surface area (Å²) in [6, 6.07) is 0. The summed E-state index contributed by atoms with van der Waals surface area (Å²) in [5.41, 5.74) is 1.85. The number of aliphatic hydroxyl groups is 3. The molecule has 0 spiro atoms. The van der Waals surface area contributed by atoms with E-state index in [0.29, 0.717) is 11.2 Å². The molecule has 8 heteroatoms. The van der Waals surface area contributed by atoms with E-state index in [1.165, 1.54) is 17.2 Å². The first kappa shape index (κ1) is 12.4. The van der Waals surface area contributed by atoms with Gasteiger partial charge in [0.2, 0.25) is 0 Å². The summed E-state index contributed by atoms with van der Waals surface area (Å²) in [5.74, 6) is 0. The van der Waals surface area contributed by atoms with E-state index in [1.54, 1.807) is 6.92 Å². The largest absolute Gasteiger partial charge is 0.394 e. The van der Waals surface area contributed by atoms with Crippen LogP contribution in [0.3, 0.4) is 0 Å². The normalized spacial score (nSPS) is 31.2. The molecule has 19 heavy (non-hydrogen) atoms. The Kier molecular flexibility index (Phi) is 2.94. The van der Waals surface area contributed by atoms with Crippen LogP contribution in [0, 0.1) is 6.92 Å². The van der Waals surface area contributed by atoms with Gasteiger partial charge in [0, 0.05) is 0 Å². The minimum absolute atomic E-state index is 0.366. The second-order valence-electron chi connectivity index (χ2n) is 4.51. The van der Waals surface area contributed by atoms with Gasteiger partial charge in [0.25, 0.3) is 0 Å². The molecule has 0 saturated carbocycles. The maximum Gasteiger partial charge on any atom is 0.165 e. The number of aromatic nitrogens is 4. The number of imidazole rings is 1. The molecular formula is C11H14N4O4. The van der Waals surface area contributed by atoms with Crippen LogP contribution in [0.2, 0.25) is 0 Å². The highest BCUT2D eigenvalue weighted by atomic mass is 16.6. The third kappa shape index (κ3) is 1.80. The van der Waals surface area contributed by atoms with Gasteiger partial charge in [-0.3, -0.25) is 4.57 Å². The van der Waals surface area contributed by atoms with Gasteiger partial charge in [0.1, 0.15) is 30.2 Å². The van der Waals surface area contributed by atoms with Crippen LogP contribution in [0.25, 0.3) is 11.2 Å². The van der Waals surface area contributed by atoms with Crippen molar-refractivity contribution in [3.63, 3.8) is 0 Å². The summed E-state index contributed by atoms with van der Waals surface area (Å²) in [4.78, 5) is 12.3. The SMILES string of the molecule is Cc1ncnc2c1ncn2[C@@H]1O[C@H](CO)C(O)C1O. The van der Waals surface area contributed by atoms with Crippen molar-refractivity contribution >= 4 is 11.2 Å². The van der Waals surface area contributed by atoms with Gasteiger partial charge in [-0.25, -0.2) is 15.0 Å². The van der Waals surface area contributed by atoms with Gasteiger partial charge in [-0.2, -0.15) is 0 Å². The Balaban J connectivity index is 2.04. The Morgan fingerprint density at radius 1 is 1.26 bits per heavy atom. The third-order valence-electron chi connectivity index (χ3n) is 3.33. The summed E-state index contributed by atoms with van der Waals surface area (Å²) < 4.78 is 6.98. The topological polar surface area (TPSA) is 114 Å². The second-order valence-corrected chi connectivity index (χ2v) is 4.51. The van der Waals surface area contributed by atoms with Gasteiger partial charge < -0.3 is 20.1 Å². The highest BCUT2D eigenvalue weighted by molar-refractivity contribution is 5.72. The highest BCUT2D eigenvalue weighted by Crippen LogP contribution is 2.31. The Hall–Kier alpha value is -1.61. The van der Waals surface area contributed by atoms with E-state index in [2.05, 4.69) is 15.0 Å². The first-order valence-electron chi connectivity index (χ1n) is 5.90. The van der Waals surface area contributed by atoms with Crippen molar-refractivity contribution in [3.8, 4) is 0 Å².